The van der Waals surface area contributed by atoms with E-state index in [1.54, 1.807) is 0 Å². The Morgan fingerprint density at radius 3 is 2.68 bits per heavy atom. The molecule has 190 valence electrons. The van der Waals surface area contributed by atoms with Crippen LogP contribution in [0.5, 0.6) is 17.2 Å². The average Bonchev–Trinajstić information content (AvgIpc) is 3.63. The lowest BCUT2D eigenvalue weighted by molar-refractivity contribution is -0.117. The van der Waals surface area contributed by atoms with E-state index >= 15 is 0 Å². The molecule has 0 saturated carbocycles. The molecule has 7 nitrogen and oxygen atoms in total. The lowest BCUT2D eigenvalue weighted by atomic mass is 10.0. The van der Waals surface area contributed by atoms with Gasteiger partial charge >= 0.3 is 0 Å². The fourth-order valence-electron chi connectivity index (χ4n) is 5.19. The van der Waals surface area contributed by atoms with E-state index < -0.39 is 0 Å². The van der Waals surface area contributed by atoms with Crippen molar-refractivity contribution in [1.82, 2.24) is 9.55 Å². The number of aromatic nitrogens is 2. The molecule has 1 amide bonds. The summed E-state index contributed by atoms with van der Waals surface area (Å²) in [5, 5.41) is 0. The van der Waals surface area contributed by atoms with Crippen molar-refractivity contribution in [3.63, 3.8) is 0 Å². The molecule has 6 rings (SSSR count). The van der Waals surface area contributed by atoms with Crippen LogP contribution in [0, 0.1) is 0 Å². The Bertz CT molecular complexity index is 1430. The van der Waals surface area contributed by atoms with Gasteiger partial charge in [0.05, 0.1) is 17.6 Å². The smallest absolute Gasteiger partial charge is 0.231 e. The first kappa shape index (κ1) is 23.4. The number of nitrogens with zero attached hydrogens (tertiary/aromatic N) is 3. The number of rotatable bonds is 8. The molecule has 0 spiro atoms. The summed E-state index contributed by atoms with van der Waals surface area (Å²) < 4.78 is 19.2. The van der Waals surface area contributed by atoms with Crippen molar-refractivity contribution in [2.75, 3.05) is 24.8 Å². The number of aryl methyl sites for hydroxylation is 1. The van der Waals surface area contributed by atoms with Crippen molar-refractivity contribution in [3.8, 4) is 17.2 Å². The van der Waals surface area contributed by atoms with Gasteiger partial charge < -0.3 is 23.7 Å². The van der Waals surface area contributed by atoms with Crippen molar-refractivity contribution in [3.05, 3.63) is 78.1 Å². The highest BCUT2D eigenvalue weighted by Gasteiger charge is 2.35. The normalized spacial score (nSPS) is 16.8. The number of hydrogen-bond acceptors (Lipinski definition) is 5. The van der Waals surface area contributed by atoms with Gasteiger partial charge in [-0.2, -0.15) is 0 Å². The number of imidazole rings is 1. The molecule has 2 aliphatic heterocycles. The van der Waals surface area contributed by atoms with Crippen molar-refractivity contribution in [2.45, 2.75) is 45.1 Å². The van der Waals surface area contributed by atoms with Crippen LogP contribution in [-0.2, 0) is 11.3 Å². The fourth-order valence-corrected chi connectivity index (χ4v) is 5.19. The molecule has 0 radical (unpaired) electrons. The van der Waals surface area contributed by atoms with Crippen LogP contribution in [0.1, 0.15) is 49.9 Å². The predicted molar refractivity (Wildman–Crippen MR) is 143 cm³/mol. The van der Waals surface area contributed by atoms with E-state index in [0.29, 0.717) is 37.0 Å². The zero-order chi connectivity index (χ0) is 25.4. The second kappa shape index (κ2) is 9.81. The Morgan fingerprint density at radius 2 is 1.84 bits per heavy atom. The minimum absolute atomic E-state index is 0.00909. The third-order valence-electron chi connectivity index (χ3n) is 7.18. The molecule has 4 aromatic rings. The standard InChI is InChI=1S/C30H31N3O4/c1-20(2)21-8-11-24(12-9-21)35-15-5-14-32-26-7-4-3-6-25(26)31-30(32)22-16-29(34)33(18-22)23-10-13-27-28(17-23)37-19-36-27/h3-4,6-13,17,20,22H,5,14-16,18-19H2,1-2H3. The average molecular weight is 498 g/mol. The molecule has 2 aliphatic rings. The SMILES string of the molecule is CC(C)c1ccc(OCCCn2c(C3CC(=O)N(c4ccc5c(c4)OCO5)C3)nc3ccccc32)cc1. The van der Waals surface area contributed by atoms with Gasteiger partial charge in [-0.1, -0.05) is 38.1 Å². The molecule has 3 heterocycles. The van der Waals surface area contributed by atoms with Crippen LogP contribution >= 0.6 is 0 Å². The zero-order valence-electron chi connectivity index (χ0n) is 21.2. The predicted octanol–water partition coefficient (Wildman–Crippen LogP) is 5.88. The quantitative estimate of drug-likeness (QED) is 0.285. The summed E-state index contributed by atoms with van der Waals surface area (Å²) in [5.74, 6) is 3.85. The third kappa shape index (κ3) is 4.61. The van der Waals surface area contributed by atoms with E-state index in [4.69, 9.17) is 19.2 Å². The molecule has 0 bridgehead atoms. The first-order valence-corrected chi connectivity index (χ1v) is 12.9. The number of benzene rings is 3. The molecule has 1 saturated heterocycles. The van der Waals surface area contributed by atoms with Gasteiger partial charge in [-0.3, -0.25) is 4.79 Å². The second-order valence-electron chi connectivity index (χ2n) is 9.98. The lowest BCUT2D eigenvalue weighted by Gasteiger charge is -2.18. The topological polar surface area (TPSA) is 65.8 Å². The van der Waals surface area contributed by atoms with Crippen LogP contribution in [-0.4, -0.2) is 35.4 Å². The van der Waals surface area contributed by atoms with Gasteiger partial charge in [0.1, 0.15) is 11.6 Å². The van der Waals surface area contributed by atoms with E-state index in [1.807, 2.05) is 53.4 Å². The van der Waals surface area contributed by atoms with Crippen molar-refractivity contribution in [2.24, 2.45) is 0 Å². The van der Waals surface area contributed by atoms with Crippen molar-refractivity contribution < 1.29 is 19.0 Å². The van der Waals surface area contributed by atoms with Crippen LogP contribution < -0.4 is 19.1 Å². The third-order valence-corrected chi connectivity index (χ3v) is 7.18. The highest BCUT2D eigenvalue weighted by molar-refractivity contribution is 5.97. The lowest BCUT2D eigenvalue weighted by Crippen LogP contribution is -2.24. The monoisotopic (exact) mass is 497 g/mol. The van der Waals surface area contributed by atoms with Gasteiger partial charge in [0, 0.05) is 37.2 Å². The van der Waals surface area contributed by atoms with Crippen molar-refractivity contribution >= 4 is 22.6 Å². The number of para-hydroxylation sites is 2. The molecule has 0 aliphatic carbocycles. The van der Waals surface area contributed by atoms with Gasteiger partial charge in [-0.05, 0) is 54.3 Å². The maximum Gasteiger partial charge on any atom is 0.231 e. The van der Waals surface area contributed by atoms with Gasteiger partial charge in [0.25, 0.3) is 0 Å². The van der Waals surface area contributed by atoms with E-state index in [0.717, 1.165) is 41.3 Å². The highest BCUT2D eigenvalue weighted by Crippen LogP contribution is 2.39. The molecule has 37 heavy (non-hydrogen) atoms. The van der Waals surface area contributed by atoms with E-state index in [9.17, 15) is 4.79 Å². The maximum absolute atomic E-state index is 13.1. The molecule has 1 atom stereocenters. The summed E-state index contributed by atoms with van der Waals surface area (Å²) in [4.78, 5) is 19.9. The summed E-state index contributed by atoms with van der Waals surface area (Å²) in [6.45, 7) is 6.56. The Balaban J connectivity index is 1.17. The molecule has 1 unspecified atom stereocenters. The largest absolute Gasteiger partial charge is 0.494 e. The Morgan fingerprint density at radius 1 is 1.03 bits per heavy atom. The number of carbonyl (C=O) groups is 1. The number of anilines is 1. The first-order chi connectivity index (χ1) is 18.1. The molecular weight excluding hydrogens is 466 g/mol. The molecular formula is C30H31N3O4. The van der Waals surface area contributed by atoms with Crippen LogP contribution in [0.2, 0.25) is 0 Å². The summed E-state index contributed by atoms with van der Waals surface area (Å²) in [6.07, 6.45) is 1.27. The first-order valence-electron chi connectivity index (χ1n) is 12.9. The number of carbonyl (C=O) groups excluding carboxylic acids is 1. The van der Waals surface area contributed by atoms with Gasteiger partial charge in [0.2, 0.25) is 12.7 Å². The second-order valence-corrected chi connectivity index (χ2v) is 9.98. The van der Waals surface area contributed by atoms with Crippen LogP contribution in [0.15, 0.2) is 66.7 Å². The molecule has 1 aromatic heterocycles. The molecule has 7 heteroatoms. The minimum Gasteiger partial charge on any atom is -0.494 e. The maximum atomic E-state index is 13.1. The summed E-state index contributed by atoms with van der Waals surface area (Å²) >= 11 is 0. The van der Waals surface area contributed by atoms with Gasteiger partial charge in [-0.15, -0.1) is 0 Å². The molecule has 0 N–H and O–H groups in total. The van der Waals surface area contributed by atoms with E-state index in [1.165, 1.54) is 5.56 Å². The highest BCUT2D eigenvalue weighted by atomic mass is 16.7. The summed E-state index contributed by atoms with van der Waals surface area (Å²) in [7, 11) is 0. The Labute approximate surface area is 216 Å². The van der Waals surface area contributed by atoms with E-state index in [-0.39, 0.29) is 18.6 Å². The Kier molecular flexibility index (Phi) is 6.20. The number of ether oxygens (including phenoxy) is 3. The van der Waals surface area contributed by atoms with Crippen LogP contribution in [0.25, 0.3) is 11.0 Å². The van der Waals surface area contributed by atoms with Gasteiger partial charge in [0.15, 0.2) is 11.5 Å². The van der Waals surface area contributed by atoms with Crippen LogP contribution in [0.3, 0.4) is 0 Å². The number of amides is 1. The number of fused-ring (bicyclic) bond motifs is 2. The van der Waals surface area contributed by atoms with Gasteiger partial charge in [-0.25, -0.2) is 4.98 Å². The van der Waals surface area contributed by atoms with Crippen molar-refractivity contribution in [1.29, 1.82) is 0 Å². The number of hydrogen-bond donors (Lipinski definition) is 0. The fraction of sp³-hybridized carbons (Fsp3) is 0.333. The van der Waals surface area contributed by atoms with Crippen LogP contribution in [0.4, 0.5) is 5.69 Å². The zero-order valence-corrected chi connectivity index (χ0v) is 21.2. The van der Waals surface area contributed by atoms with E-state index in [2.05, 4.69) is 36.6 Å². The molecule has 1 fully saturated rings. The molecule has 3 aromatic carbocycles. The Hall–Kier alpha value is -4.00. The minimum atomic E-state index is 0.00909. The summed E-state index contributed by atoms with van der Waals surface area (Å²) in [5.41, 5.74) is 4.18. The summed E-state index contributed by atoms with van der Waals surface area (Å²) in [6, 6.07) is 22.2.